The highest BCUT2D eigenvalue weighted by Crippen LogP contribution is 2.12. The highest BCUT2D eigenvalue weighted by Gasteiger charge is 2.24. The van der Waals surface area contributed by atoms with Crippen LogP contribution in [0.25, 0.3) is 0 Å². The molecule has 1 aromatic carbocycles. The van der Waals surface area contributed by atoms with Gasteiger partial charge in [0.15, 0.2) is 0 Å². The molecule has 0 aromatic heterocycles. The van der Waals surface area contributed by atoms with E-state index in [1.807, 2.05) is 18.7 Å². The number of carbonyl (C=O) groups is 2. The number of benzene rings is 1. The van der Waals surface area contributed by atoms with Crippen LogP contribution in [0.5, 0.6) is 0 Å². The summed E-state index contributed by atoms with van der Waals surface area (Å²) in [4.78, 5) is 25.5. The zero-order chi connectivity index (χ0) is 16.1. The van der Waals surface area contributed by atoms with Gasteiger partial charge in [0.1, 0.15) is 5.82 Å². The Bertz CT molecular complexity index is 543. The zero-order valence-corrected chi connectivity index (χ0v) is 12.6. The molecule has 0 saturated carbocycles. The maximum absolute atomic E-state index is 13.4. The minimum Gasteiger partial charge on any atom is -0.373 e. The van der Waals surface area contributed by atoms with Gasteiger partial charge in [-0.25, -0.2) is 9.18 Å². The van der Waals surface area contributed by atoms with Crippen molar-refractivity contribution in [3.63, 3.8) is 0 Å². The van der Waals surface area contributed by atoms with Crippen molar-refractivity contribution in [1.82, 2.24) is 10.2 Å². The number of urea groups is 1. The van der Waals surface area contributed by atoms with E-state index in [2.05, 4.69) is 10.6 Å². The third-order valence-electron chi connectivity index (χ3n) is 3.24. The molecule has 1 aliphatic rings. The smallest absolute Gasteiger partial charge is 0.326 e. The van der Waals surface area contributed by atoms with Crippen molar-refractivity contribution >= 4 is 17.6 Å². The fraction of sp³-hybridized carbons (Fsp3) is 0.467. The number of morpholine rings is 1. The zero-order valence-electron chi connectivity index (χ0n) is 12.6. The second-order valence-corrected chi connectivity index (χ2v) is 5.43. The monoisotopic (exact) mass is 309 g/mol. The highest BCUT2D eigenvalue weighted by atomic mass is 19.1. The fourth-order valence-electron chi connectivity index (χ4n) is 2.50. The Morgan fingerprint density at radius 1 is 1.27 bits per heavy atom. The lowest BCUT2D eigenvalue weighted by Crippen LogP contribution is -2.50. The lowest BCUT2D eigenvalue weighted by molar-refractivity contribution is -0.124. The molecule has 0 unspecified atom stereocenters. The first-order valence-corrected chi connectivity index (χ1v) is 7.17. The Kier molecular flexibility index (Phi) is 5.46. The maximum atomic E-state index is 13.4. The van der Waals surface area contributed by atoms with Crippen LogP contribution in [0.15, 0.2) is 24.3 Å². The second kappa shape index (κ2) is 7.33. The van der Waals surface area contributed by atoms with Gasteiger partial charge in [0, 0.05) is 13.1 Å². The summed E-state index contributed by atoms with van der Waals surface area (Å²) in [5.74, 6) is -0.990. The van der Waals surface area contributed by atoms with Gasteiger partial charge in [-0.15, -0.1) is 0 Å². The predicted molar refractivity (Wildman–Crippen MR) is 80.0 cm³/mol. The fourth-order valence-corrected chi connectivity index (χ4v) is 2.50. The maximum Gasteiger partial charge on any atom is 0.326 e. The molecule has 120 valence electrons. The molecule has 6 nitrogen and oxygen atoms in total. The topological polar surface area (TPSA) is 70.7 Å². The first-order chi connectivity index (χ1) is 10.4. The third kappa shape index (κ3) is 4.78. The van der Waals surface area contributed by atoms with Crippen molar-refractivity contribution in [1.29, 1.82) is 0 Å². The van der Waals surface area contributed by atoms with E-state index < -0.39 is 17.8 Å². The number of imide groups is 1. The van der Waals surface area contributed by atoms with Crippen molar-refractivity contribution in [2.24, 2.45) is 0 Å². The molecule has 0 radical (unpaired) electrons. The first-order valence-electron chi connectivity index (χ1n) is 7.17. The van der Waals surface area contributed by atoms with Crippen LogP contribution >= 0.6 is 0 Å². The van der Waals surface area contributed by atoms with E-state index >= 15 is 0 Å². The van der Waals surface area contributed by atoms with E-state index in [0.717, 1.165) is 0 Å². The molecule has 1 saturated heterocycles. The van der Waals surface area contributed by atoms with E-state index in [1.54, 1.807) is 6.07 Å². The summed E-state index contributed by atoms with van der Waals surface area (Å²) in [6, 6.07) is 5.02. The van der Waals surface area contributed by atoms with Gasteiger partial charge >= 0.3 is 6.03 Å². The number of para-hydroxylation sites is 1. The first kappa shape index (κ1) is 16.4. The Morgan fingerprint density at radius 3 is 2.55 bits per heavy atom. The second-order valence-electron chi connectivity index (χ2n) is 5.43. The minimum atomic E-state index is -0.746. The van der Waals surface area contributed by atoms with Gasteiger partial charge in [0.25, 0.3) is 0 Å². The van der Waals surface area contributed by atoms with Crippen LogP contribution in [-0.2, 0) is 9.53 Å². The summed E-state index contributed by atoms with van der Waals surface area (Å²) in [6.07, 6.45) is 0.0904. The normalized spacial score (nSPS) is 22.1. The average Bonchev–Trinajstić information content (AvgIpc) is 2.39. The number of nitrogens with one attached hydrogen (secondary N) is 2. The summed E-state index contributed by atoms with van der Waals surface area (Å²) in [5, 5.41) is 4.50. The molecule has 1 aromatic rings. The number of hydrogen-bond acceptors (Lipinski definition) is 4. The molecule has 1 fully saturated rings. The standard InChI is InChI=1S/C15H20FN3O3/c1-10-7-19(8-11(2)22-10)9-14(20)18-15(21)17-13-6-4-3-5-12(13)16/h3-6,10-11H,7-9H2,1-2H3,(H2,17,18,20,21)/t10-,11+. The lowest BCUT2D eigenvalue weighted by atomic mass is 10.2. The van der Waals surface area contributed by atoms with Crippen molar-refractivity contribution in [2.45, 2.75) is 26.1 Å². The number of carbonyl (C=O) groups excluding carboxylic acids is 2. The summed E-state index contributed by atoms with van der Waals surface area (Å²) in [6.45, 7) is 5.24. The molecule has 0 bridgehead atoms. The van der Waals surface area contributed by atoms with Gasteiger partial charge in [-0.1, -0.05) is 12.1 Å². The van der Waals surface area contributed by atoms with Gasteiger partial charge in [-0.2, -0.15) is 0 Å². The molecule has 0 spiro atoms. The number of rotatable bonds is 3. The van der Waals surface area contributed by atoms with Crippen LogP contribution in [0.4, 0.5) is 14.9 Å². The summed E-state index contributed by atoms with van der Waals surface area (Å²) in [7, 11) is 0. The molecule has 1 heterocycles. The average molecular weight is 309 g/mol. The molecule has 0 aliphatic carbocycles. The number of anilines is 1. The predicted octanol–water partition coefficient (Wildman–Crippen LogP) is 1.58. The van der Waals surface area contributed by atoms with E-state index in [-0.39, 0.29) is 24.4 Å². The molecule has 2 N–H and O–H groups in total. The van der Waals surface area contributed by atoms with Gasteiger partial charge in [-0.05, 0) is 26.0 Å². The van der Waals surface area contributed by atoms with Crippen LogP contribution in [0, 0.1) is 5.82 Å². The van der Waals surface area contributed by atoms with Gasteiger partial charge < -0.3 is 10.1 Å². The third-order valence-corrected chi connectivity index (χ3v) is 3.24. The van der Waals surface area contributed by atoms with E-state index in [9.17, 15) is 14.0 Å². The van der Waals surface area contributed by atoms with Crippen molar-refractivity contribution in [3.05, 3.63) is 30.1 Å². The molecule has 2 atom stereocenters. The van der Waals surface area contributed by atoms with E-state index in [4.69, 9.17) is 4.74 Å². The SMILES string of the molecule is C[C@@H]1CN(CC(=O)NC(=O)Nc2ccccc2F)C[C@H](C)O1. The molecule has 2 rings (SSSR count). The molecule has 7 heteroatoms. The Labute approximate surface area is 128 Å². The number of nitrogens with zero attached hydrogens (tertiary/aromatic N) is 1. The van der Waals surface area contributed by atoms with Crippen molar-refractivity contribution < 1.29 is 18.7 Å². The quantitative estimate of drug-likeness (QED) is 0.889. The summed E-state index contributed by atoms with van der Waals surface area (Å²) < 4.78 is 19.0. The van der Waals surface area contributed by atoms with E-state index in [1.165, 1.54) is 18.2 Å². The Morgan fingerprint density at radius 2 is 1.91 bits per heavy atom. The molecular formula is C15H20FN3O3. The lowest BCUT2D eigenvalue weighted by Gasteiger charge is -2.34. The van der Waals surface area contributed by atoms with Crippen molar-refractivity contribution in [3.8, 4) is 0 Å². The van der Waals surface area contributed by atoms with Gasteiger partial charge in [0.2, 0.25) is 5.91 Å². The summed E-state index contributed by atoms with van der Waals surface area (Å²) in [5.41, 5.74) is 0.0291. The number of ether oxygens (including phenoxy) is 1. The number of hydrogen-bond donors (Lipinski definition) is 2. The Hall–Kier alpha value is -1.99. The number of amides is 3. The molecule has 22 heavy (non-hydrogen) atoms. The van der Waals surface area contributed by atoms with Gasteiger partial charge in [0.05, 0.1) is 24.4 Å². The van der Waals surface area contributed by atoms with Gasteiger partial charge in [-0.3, -0.25) is 15.0 Å². The number of halogens is 1. The van der Waals surface area contributed by atoms with Crippen LogP contribution < -0.4 is 10.6 Å². The minimum absolute atomic E-state index is 0.0291. The van der Waals surface area contributed by atoms with E-state index in [0.29, 0.717) is 13.1 Å². The molecular weight excluding hydrogens is 289 g/mol. The van der Waals surface area contributed by atoms with Crippen LogP contribution in [0.3, 0.4) is 0 Å². The van der Waals surface area contributed by atoms with Crippen LogP contribution in [0.2, 0.25) is 0 Å². The molecule has 1 aliphatic heterocycles. The highest BCUT2D eigenvalue weighted by molar-refractivity contribution is 6.01. The largest absolute Gasteiger partial charge is 0.373 e. The van der Waals surface area contributed by atoms with Crippen LogP contribution in [-0.4, -0.2) is 48.7 Å². The molecule has 3 amide bonds. The van der Waals surface area contributed by atoms with Crippen LogP contribution in [0.1, 0.15) is 13.8 Å². The van der Waals surface area contributed by atoms with Crippen molar-refractivity contribution in [2.75, 3.05) is 25.0 Å². The summed E-state index contributed by atoms with van der Waals surface area (Å²) >= 11 is 0. The Balaban J connectivity index is 1.81.